The molecule has 0 unspecified atom stereocenters. The van der Waals surface area contributed by atoms with Crippen LogP contribution < -0.4 is 4.74 Å². The molecule has 0 saturated heterocycles. The normalized spacial score (nSPS) is 10.5. The fraction of sp³-hybridized carbons (Fsp3) is 0.118. The highest BCUT2D eigenvalue weighted by molar-refractivity contribution is 8.01. The molecule has 3 rings (SSSR count). The lowest BCUT2D eigenvalue weighted by atomic mass is 10.1. The summed E-state index contributed by atoms with van der Waals surface area (Å²) in [7, 11) is 0. The zero-order chi connectivity index (χ0) is 16.8. The van der Waals surface area contributed by atoms with Crippen LogP contribution in [0, 0.1) is 0 Å². The molecule has 0 bridgehead atoms. The number of thioether (sulfide) groups is 2. The van der Waals surface area contributed by atoms with Crippen LogP contribution in [-0.2, 0) is 0 Å². The van der Waals surface area contributed by atoms with Crippen LogP contribution >= 0.6 is 35.1 Å². The second-order valence-electron chi connectivity index (χ2n) is 4.70. The van der Waals surface area contributed by atoms with Crippen molar-refractivity contribution in [2.45, 2.75) is 9.50 Å². The first-order valence-corrected chi connectivity index (χ1v) is 10.1. The summed E-state index contributed by atoms with van der Waals surface area (Å²) in [5, 5.41) is 0.748. The van der Waals surface area contributed by atoms with Crippen molar-refractivity contribution in [3.05, 3.63) is 60.2 Å². The van der Waals surface area contributed by atoms with Gasteiger partial charge in [-0.3, -0.25) is 4.79 Å². The molecule has 24 heavy (non-hydrogen) atoms. The van der Waals surface area contributed by atoms with Crippen molar-refractivity contribution in [3.63, 3.8) is 0 Å². The Morgan fingerprint density at radius 1 is 1.08 bits per heavy atom. The molecule has 0 atom stereocenters. The van der Waals surface area contributed by atoms with E-state index < -0.39 is 0 Å². The number of rotatable bonds is 7. The highest BCUT2D eigenvalue weighted by Gasteiger charge is 2.10. The Hall–Kier alpha value is -1.83. The van der Waals surface area contributed by atoms with Crippen molar-refractivity contribution >= 4 is 40.8 Å². The predicted octanol–water partition coefficient (Wildman–Crippen LogP) is 5.03. The average molecular weight is 375 g/mol. The Balaban J connectivity index is 1.57. The van der Waals surface area contributed by atoms with Crippen molar-refractivity contribution in [1.82, 2.24) is 9.36 Å². The first-order chi connectivity index (χ1) is 11.7. The fourth-order valence-corrected chi connectivity index (χ4v) is 3.99. The van der Waals surface area contributed by atoms with E-state index in [0.29, 0.717) is 17.1 Å². The van der Waals surface area contributed by atoms with Gasteiger partial charge in [0.05, 0.1) is 5.75 Å². The van der Waals surface area contributed by atoms with Gasteiger partial charge in [0, 0.05) is 5.56 Å². The molecule has 4 nitrogen and oxygen atoms in total. The van der Waals surface area contributed by atoms with Gasteiger partial charge in [0.15, 0.2) is 10.1 Å². The predicted molar refractivity (Wildman–Crippen MR) is 99.7 cm³/mol. The highest BCUT2D eigenvalue weighted by Crippen LogP contribution is 2.25. The zero-order valence-electron chi connectivity index (χ0n) is 12.8. The molecule has 0 aliphatic heterocycles. The van der Waals surface area contributed by atoms with Crippen LogP contribution in [0.3, 0.4) is 0 Å². The first-order valence-electron chi connectivity index (χ1n) is 7.11. The number of para-hydroxylation sites is 1. The van der Waals surface area contributed by atoms with E-state index in [-0.39, 0.29) is 5.78 Å². The van der Waals surface area contributed by atoms with Crippen LogP contribution in [0.25, 0.3) is 0 Å². The summed E-state index contributed by atoms with van der Waals surface area (Å²) in [5.74, 6) is 1.89. The lowest BCUT2D eigenvalue weighted by Crippen LogP contribution is -2.01. The Morgan fingerprint density at radius 2 is 1.79 bits per heavy atom. The van der Waals surface area contributed by atoms with E-state index >= 15 is 0 Å². The molecule has 3 aromatic rings. The lowest BCUT2D eigenvalue weighted by Gasteiger charge is -2.06. The second-order valence-corrected chi connectivity index (χ2v) is 7.45. The Morgan fingerprint density at radius 3 is 2.46 bits per heavy atom. The van der Waals surface area contributed by atoms with Crippen LogP contribution in [0.15, 0.2) is 64.1 Å². The third-order valence-electron chi connectivity index (χ3n) is 3.05. The van der Waals surface area contributed by atoms with Gasteiger partial charge in [-0.25, -0.2) is 4.98 Å². The van der Waals surface area contributed by atoms with Gasteiger partial charge in [-0.1, -0.05) is 41.7 Å². The topological polar surface area (TPSA) is 52.1 Å². The molecule has 0 radical (unpaired) electrons. The Labute approximate surface area is 152 Å². The minimum absolute atomic E-state index is 0.0622. The van der Waals surface area contributed by atoms with E-state index in [1.54, 1.807) is 12.1 Å². The third kappa shape index (κ3) is 4.59. The molecule has 0 spiro atoms. The summed E-state index contributed by atoms with van der Waals surface area (Å²) in [6, 6.07) is 16.7. The van der Waals surface area contributed by atoms with E-state index in [9.17, 15) is 4.79 Å². The fourth-order valence-electron chi connectivity index (χ4n) is 1.88. The van der Waals surface area contributed by atoms with Crippen LogP contribution in [0.4, 0.5) is 0 Å². The third-order valence-corrected chi connectivity index (χ3v) is 5.55. The van der Waals surface area contributed by atoms with Crippen molar-refractivity contribution < 1.29 is 9.53 Å². The lowest BCUT2D eigenvalue weighted by molar-refractivity contribution is 0.102. The van der Waals surface area contributed by atoms with E-state index in [2.05, 4.69) is 9.36 Å². The van der Waals surface area contributed by atoms with Gasteiger partial charge >= 0.3 is 0 Å². The van der Waals surface area contributed by atoms with Crippen LogP contribution in [0.5, 0.6) is 11.5 Å². The summed E-state index contributed by atoms with van der Waals surface area (Å²) in [6.07, 6.45) is 1.93. The Kier molecular flexibility index (Phi) is 5.90. The number of aromatic nitrogens is 2. The minimum atomic E-state index is 0.0622. The largest absolute Gasteiger partial charge is 0.457 e. The van der Waals surface area contributed by atoms with E-state index in [1.807, 2.05) is 48.7 Å². The zero-order valence-corrected chi connectivity index (χ0v) is 15.3. The molecule has 0 amide bonds. The number of ether oxygens (including phenoxy) is 1. The monoisotopic (exact) mass is 374 g/mol. The van der Waals surface area contributed by atoms with E-state index in [0.717, 1.165) is 15.2 Å². The van der Waals surface area contributed by atoms with Crippen LogP contribution in [0.1, 0.15) is 10.4 Å². The van der Waals surface area contributed by atoms with Gasteiger partial charge in [-0.2, -0.15) is 4.37 Å². The molecule has 0 N–H and O–H groups in total. The molecule has 1 aromatic heterocycles. The minimum Gasteiger partial charge on any atom is -0.457 e. The van der Waals surface area contributed by atoms with Gasteiger partial charge in [0.2, 0.25) is 5.16 Å². The molecule has 2 aromatic carbocycles. The van der Waals surface area contributed by atoms with E-state index in [4.69, 9.17) is 4.74 Å². The summed E-state index contributed by atoms with van der Waals surface area (Å²) in [4.78, 5) is 16.6. The van der Waals surface area contributed by atoms with Gasteiger partial charge in [-0.15, -0.1) is 0 Å². The summed E-state index contributed by atoms with van der Waals surface area (Å²) in [5.41, 5.74) is 0.664. The van der Waals surface area contributed by atoms with Gasteiger partial charge in [0.1, 0.15) is 11.5 Å². The quantitative estimate of drug-likeness (QED) is 0.427. The molecule has 122 valence electrons. The number of Topliss-reactive ketones (excluding diaryl/α,β-unsaturated/α-hetero) is 1. The number of hydrogen-bond donors (Lipinski definition) is 0. The van der Waals surface area contributed by atoms with Gasteiger partial charge in [-0.05, 0) is 54.2 Å². The molecular formula is C17H14N2O2S3. The number of benzene rings is 2. The number of carbonyl (C=O) groups is 1. The molecule has 0 fully saturated rings. The number of hydrogen-bond acceptors (Lipinski definition) is 7. The molecule has 0 aliphatic rings. The smallest absolute Gasteiger partial charge is 0.200 e. The van der Waals surface area contributed by atoms with E-state index in [1.165, 1.54) is 35.1 Å². The van der Waals surface area contributed by atoms with Crippen molar-refractivity contribution in [2.75, 3.05) is 12.0 Å². The van der Waals surface area contributed by atoms with Crippen LogP contribution in [-0.4, -0.2) is 27.1 Å². The number of ketones is 1. The maximum atomic E-state index is 12.3. The maximum absolute atomic E-state index is 12.3. The molecular weight excluding hydrogens is 360 g/mol. The number of nitrogens with zero attached hydrogens (tertiary/aromatic N) is 2. The van der Waals surface area contributed by atoms with Gasteiger partial charge in [0.25, 0.3) is 0 Å². The molecule has 0 aliphatic carbocycles. The summed E-state index contributed by atoms with van der Waals surface area (Å²) < 4.78 is 10.7. The van der Waals surface area contributed by atoms with Crippen molar-refractivity contribution in [1.29, 1.82) is 0 Å². The average Bonchev–Trinajstić information content (AvgIpc) is 3.09. The maximum Gasteiger partial charge on any atom is 0.200 e. The van der Waals surface area contributed by atoms with Crippen LogP contribution in [0.2, 0.25) is 0 Å². The SMILES string of the molecule is CSc1nsc(SCC(=O)c2ccc(Oc3ccccc3)cc2)n1. The number of carbonyl (C=O) groups excluding carboxylic acids is 1. The summed E-state index contributed by atoms with van der Waals surface area (Å²) in [6.45, 7) is 0. The molecule has 1 heterocycles. The second kappa shape index (κ2) is 8.32. The summed E-state index contributed by atoms with van der Waals surface area (Å²) >= 11 is 4.24. The van der Waals surface area contributed by atoms with Crippen molar-refractivity contribution in [3.8, 4) is 11.5 Å². The standard InChI is InChI=1S/C17H14N2O2S3/c1-22-16-18-17(24-19-16)23-11-15(20)12-7-9-14(10-8-12)21-13-5-3-2-4-6-13/h2-10H,11H2,1H3. The van der Waals surface area contributed by atoms with Crippen molar-refractivity contribution in [2.24, 2.45) is 0 Å². The Bertz CT molecular complexity index is 804. The molecule has 0 saturated carbocycles. The molecule has 7 heteroatoms. The first kappa shape index (κ1) is 17.0. The highest BCUT2D eigenvalue weighted by atomic mass is 32.2. The van der Waals surface area contributed by atoms with Gasteiger partial charge < -0.3 is 4.74 Å².